The van der Waals surface area contributed by atoms with Crippen LogP contribution >= 0.6 is 22.9 Å². The molecule has 0 aliphatic rings. The number of thiazole rings is 1. The Balaban J connectivity index is 1.94. The van der Waals surface area contributed by atoms with Crippen LogP contribution in [0.1, 0.15) is 15.7 Å². The van der Waals surface area contributed by atoms with Gasteiger partial charge in [-0.1, -0.05) is 0 Å². The molecule has 0 radical (unpaired) electrons. The Morgan fingerprint density at radius 2 is 2.29 bits per heavy atom. The zero-order chi connectivity index (χ0) is 9.97. The van der Waals surface area contributed by atoms with Crippen molar-refractivity contribution in [2.45, 2.75) is 20.4 Å². The van der Waals surface area contributed by atoms with Crippen molar-refractivity contribution < 1.29 is 0 Å². The van der Waals surface area contributed by atoms with Crippen LogP contribution in [0, 0.1) is 13.8 Å². The number of anilines is 1. The largest absolute Gasteiger partial charge is 0.354 e. The van der Waals surface area contributed by atoms with Gasteiger partial charge in [0.1, 0.15) is 10.8 Å². The van der Waals surface area contributed by atoms with Crippen LogP contribution in [-0.4, -0.2) is 14.3 Å². The van der Waals surface area contributed by atoms with E-state index in [0.717, 1.165) is 22.5 Å². The topological polar surface area (TPSA) is 50.7 Å². The van der Waals surface area contributed by atoms with Crippen molar-refractivity contribution in [1.29, 1.82) is 0 Å². The maximum atomic E-state index is 4.25. The van der Waals surface area contributed by atoms with Gasteiger partial charge in [-0.2, -0.15) is 4.37 Å². The summed E-state index contributed by atoms with van der Waals surface area (Å²) >= 11 is 3.08. The maximum absolute atomic E-state index is 4.25. The molecule has 4 nitrogen and oxygen atoms in total. The van der Waals surface area contributed by atoms with Gasteiger partial charge in [0.15, 0.2) is 0 Å². The van der Waals surface area contributed by atoms with Gasteiger partial charge >= 0.3 is 0 Å². The summed E-state index contributed by atoms with van der Waals surface area (Å²) in [6.45, 7) is 4.67. The molecule has 2 aromatic rings. The van der Waals surface area contributed by atoms with Gasteiger partial charge < -0.3 is 5.32 Å². The summed E-state index contributed by atoms with van der Waals surface area (Å²) in [7, 11) is 0. The Morgan fingerprint density at radius 1 is 1.43 bits per heavy atom. The van der Waals surface area contributed by atoms with E-state index < -0.39 is 0 Å². The molecule has 0 aliphatic carbocycles. The van der Waals surface area contributed by atoms with E-state index in [1.54, 1.807) is 11.3 Å². The van der Waals surface area contributed by atoms with Gasteiger partial charge in [0.25, 0.3) is 0 Å². The molecule has 0 aliphatic heterocycles. The summed E-state index contributed by atoms with van der Waals surface area (Å²) in [5.41, 5.74) is 0. The molecule has 2 rings (SSSR count). The molecule has 0 bridgehead atoms. The number of hydrogen-bond acceptors (Lipinski definition) is 6. The predicted molar refractivity (Wildman–Crippen MR) is 58.8 cm³/mol. The van der Waals surface area contributed by atoms with Crippen LogP contribution in [0.2, 0.25) is 0 Å². The van der Waals surface area contributed by atoms with E-state index in [2.05, 4.69) is 26.6 Å². The number of aryl methyl sites for hydroxylation is 2. The maximum Gasteiger partial charge on any atom is 0.202 e. The summed E-state index contributed by atoms with van der Waals surface area (Å²) in [4.78, 5) is 9.69. The predicted octanol–water partition coefficient (Wildman–Crippen LogP) is 2.22. The molecule has 0 fully saturated rings. The Bertz CT molecular complexity index is 380. The summed E-state index contributed by atoms with van der Waals surface area (Å²) < 4.78 is 4.09. The van der Waals surface area contributed by atoms with Crippen molar-refractivity contribution in [3.8, 4) is 0 Å². The van der Waals surface area contributed by atoms with Crippen molar-refractivity contribution in [3.63, 3.8) is 0 Å². The van der Waals surface area contributed by atoms with E-state index in [1.807, 2.05) is 13.1 Å². The number of rotatable bonds is 3. The summed E-state index contributed by atoms with van der Waals surface area (Å²) in [6, 6.07) is 0. The van der Waals surface area contributed by atoms with Gasteiger partial charge in [0.2, 0.25) is 5.13 Å². The van der Waals surface area contributed by atoms with Gasteiger partial charge in [-0.05, 0) is 13.8 Å². The first kappa shape index (κ1) is 9.54. The third-order valence-corrected chi connectivity index (χ3v) is 3.26. The van der Waals surface area contributed by atoms with Crippen molar-refractivity contribution in [2.75, 3.05) is 5.32 Å². The molecule has 0 atom stereocenters. The zero-order valence-electron chi connectivity index (χ0n) is 7.94. The number of nitrogens with one attached hydrogen (secondary N) is 1. The van der Waals surface area contributed by atoms with Crippen LogP contribution in [0.4, 0.5) is 5.13 Å². The fourth-order valence-electron chi connectivity index (χ4n) is 1.00. The first-order chi connectivity index (χ1) is 6.74. The second-order valence-corrected chi connectivity index (χ2v) is 4.94. The molecule has 6 heteroatoms. The second kappa shape index (κ2) is 4.02. The first-order valence-electron chi connectivity index (χ1n) is 4.19. The Kier molecular flexibility index (Phi) is 2.74. The number of hydrogen-bond donors (Lipinski definition) is 1. The van der Waals surface area contributed by atoms with Gasteiger partial charge in [-0.3, -0.25) is 0 Å². The van der Waals surface area contributed by atoms with E-state index in [0.29, 0.717) is 0 Å². The highest BCUT2D eigenvalue weighted by Crippen LogP contribution is 2.15. The Labute approximate surface area is 90.2 Å². The lowest BCUT2D eigenvalue weighted by Crippen LogP contribution is -1.97. The van der Waals surface area contributed by atoms with Crippen molar-refractivity contribution >= 4 is 28.0 Å². The highest BCUT2D eigenvalue weighted by Gasteiger charge is 2.01. The van der Waals surface area contributed by atoms with Crippen LogP contribution in [-0.2, 0) is 6.54 Å². The average molecular weight is 226 g/mol. The fraction of sp³-hybridized carbons (Fsp3) is 0.375. The second-order valence-electron chi connectivity index (χ2n) is 2.86. The van der Waals surface area contributed by atoms with E-state index in [9.17, 15) is 0 Å². The SMILES string of the molecule is Cc1nsc(NCc2ncc(C)s2)n1. The summed E-state index contributed by atoms with van der Waals surface area (Å²) in [6.07, 6.45) is 1.88. The first-order valence-corrected chi connectivity index (χ1v) is 5.78. The monoisotopic (exact) mass is 226 g/mol. The third kappa shape index (κ3) is 2.27. The van der Waals surface area contributed by atoms with Gasteiger partial charge in [0, 0.05) is 22.6 Å². The molecule has 0 saturated heterocycles. The van der Waals surface area contributed by atoms with Gasteiger partial charge in [-0.25, -0.2) is 9.97 Å². The molecule has 1 N–H and O–H groups in total. The van der Waals surface area contributed by atoms with E-state index in [-0.39, 0.29) is 0 Å². The van der Waals surface area contributed by atoms with Crippen LogP contribution < -0.4 is 5.32 Å². The quantitative estimate of drug-likeness (QED) is 0.872. The zero-order valence-corrected chi connectivity index (χ0v) is 9.58. The van der Waals surface area contributed by atoms with Crippen molar-refractivity contribution in [1.82, 2.24) is 14.3 Å². The third-order valence-electron chi connectivity index (χ3n) is 1.59. The highest BCUT2D eigenvalue weighted by atomic mass is 32.1. The van der Waals surface area contributed by atoms with Crippen molar-refractivity contribution in [2.24, 2.45) is 0 Å². The van der Waals surface area contributed by atoms with Gasteiger partial charge in [-0.15, -0.1) is 11.3 Å². The van der Waals surface area contributed by atoms with Crippen LogP contribution in [0.3, 0.4) is 0 Å². The lowest BCUT2D eigenvalue weighted by atomic mass is 10.6. The molecule has 2 heterocycles. The molecular weight excluding hydrogens is 216 g/mol. The van der Waals surface area contributed by atoms with E-state index in [1.165, 1.54) is 16.4 Å². The molecular formula is C8H10N4S2. The molecule has 0 saturated carbocycles. The minimum Gasteiger partial charge on any atom is -0.354 e. The van der Waals surface area contributed by atoms with E-state index >= 15 is 0 Å². The smallest absolute Gasteiger partial charge is 0.202 e. The van der Waals surface area contributed by atoms with E-state index in [4.69, 9.17) is 0 Å². The molecule has 74 valence electrons. The minimum atomic E-state index is 0.729. The van der Waals surface area contributed by atoms with Crippen LogP contribution in [0.5, 0.6) is 0 Å². The highest BCUT2D eigenvalue weighted by molar-refractivity contribution is 7.11. The standard InChI is InChI=1S/C8H10N4S2/c1-5-3-9-7(13-5)4-10-8-11-6(2)12-14-8/h3H,4H2,1-2H3,(H,10,11,12). The average Bonchev–Trinajstić information content (AvgIpc) is 2.72. The number of aromatic nitrogens is 3. The van der Waals surface area contributed by atoms with Crippen LogP contribution in [0.15, 0.2) is 6.20 Å². The molecule has 0 aromatic carbocycles. The minimum absolute atomic E-state index is 0.729. The molecule has 0 unspecified atom stereocenters. The molecule has 0 spiro atoms. The molecule has 0 amide bonds. The van der Waals surface area contributed by atoms with Gasteiger partial charge in [0.05, 0.1) is 6.54 Å². The lowest BCUT2D eigenvalue weighted by molar-refractivity contribution is 1.08. The summed E-state index contributed by atoms with van der Waals surface area (Å²) in [5, 5.41) is 5.12. The van der Waals surface area contributed by atoms with Crippen molar-refractivity contribution in [3.05, 3.63) is 21.9 Å². The Morgan fingerprint density at radius 3 is 2.86 bits per heavy atom. The lowest BCUT2D eigenvalue weighted by Gasteiger charge is -1.96. The molecule has 14 heavy (non-hydrogen) atoms. The summed E-state index contributed by atoms with van der Waals surface area (Å²) in [5.74, 6) is 0.813. The van der Waals surface area contributed by atoms with Crippen LogP contribution in [0.25, 0.3) is 0 Å². The fourth-order valence-corrected chi connectivity index (χ4v) is 2.30. The normalized spacial score (nSPS) is 10.4. The molecule has 2 aromatic heterocycles. The number of nitrogens with zero attached hydrogens (tertiary/aromatic N) is 3. The Hall–Kier alpha value is -1.01.